The van der Waals surface area contributed by atoms with Gasteiger partial charge in [0.05, 0.1) is 17.5 Å². The van der Waals surface area contributed by atoms with Gasteiger partial charge in [-0.15, -0.1) is 0 Å². The molecule has 1 aliphatic heterocycles. The highest BCUT2D eigenvalue weighted by molar-refractivity contribution is 9.10. The van der Waals surface area contributed by atoms with Crippen LogP contribution in [-0.2, 0) is 9.59 Å². The molecule has 2 bridgehead atoms. The van der Waals surface area contributed by atoms with Gasteiger partial charge in [0, 0.05) is 20.8 Å². The van der Waals surface area contributed by atoms with Gasteiger partial charge in [0.15, 0.2) is 0 Å². The zero-order valence-corrected chi connectivity index (χ0v) is 21.0. The van der Waals surface area contributed by atoms with Gasteiger partial charge in [-0.05, 0) is 70.8 Å². The van der Waals surface area contributed by atoms with Crippen LogP contribution < -0.4 is 4.90 Å². The number of imide groups is 1. The van der Waals surface area contributed by atoms with E-state index in [9.17, 15) is 14.0 Å². The fourth-order valence-electron chi connectivity index (χ4n) is 5.67. The summed E-state index contributed by atoms with van der Waals surface area (Å²) < 4.78 is 15.4. The van der Waals surface area contributed by atoms with Crippen LogP contribution in [-0.4, -0.2) is 11.8 Å². The number of halogens is 3. The second kappa shape index (κ2) is 8.14. The maximum Gasteiger partial charge on any atom is 0.238 e. The summed E-state index contributed by atoms with van der Waals surface area (Å²) in [5.41, 5.74) is 4.73. The molecule has 0 spiro atoms. The molecule has 1 saturated heterocycles. The monoisotopic (exact) mass is 577 g/mol. The van der Waals surface area contributed by atoms with E-state index < -0.39 is 17.7 Å². The average molecular weight is 579 g/mol. The maximum atomic E-state index is 13.5. The molecule has 0 aromatic heterocycles. The van der Waals surface area contributed by atoms with Gasteiger partial charge in [-0.2, -0.15) is 0 Å². The molecule has 3 aliphatic rings. The number of amides is 2. The second-order valence-corrected chi connectivity index (χ2v) is 10.7. The van der Waals surface area contributed by atoms with E-state index in [1.54, 1.807) is 0 Å². The number of rotatable bonds is 3. The van der Waals surface area contributed by atoms with Crippen LogP contribution in [0.5, 0.6) is 0 Å². The van der Waals surface area contributed by atoms with Crippen molar-refractivity contribution in [1.82, 2.24) is 0 Å². The number of nitrogens with zero attached hydrogens (tertiary/aromatic N) is 1. The van der Waals surface area contributed by atoms with Crippen molar-refractivity contribution in [1.29, 1.82) is 0 Å². The minimum Gasteiger partial charge on any atom is -0.274 e. The van der Waals surface area contributed by atoms with Crippen LogP contribution in [0.3, 0.4) is 0 Å². The zero-order valence-electron chi connectivity index (χ0n) is 17.8. The van der Waals surface area contributed by atoms with Gasteiger partial charge in [-0.3, -0.25) is 9.59 Å². The Kier molecular flexibility index (Phi) is 5.19. The Morgan fingerprint density at radius 2 is 1.12 bits per heavy atom. The van der Waals surface area contributed by atoms with Crippen molar-refractivity contribution in [2.24, 2.45) is 23.7 Å². The fourth-order valence-corrected chi connectivity index (χ4v) is 6.20. The van der Waals surface area contributed by atoms with Crippen LogP contribution in [0.15, 0.2) is 99.5 Å². The van der Waals surface area contributed by atoms with Crippen LogP contribution in [0.4, 0.5) is 10.1 Å². The molecule has 168 valence electrons. The third-order valence-electron chi connectivity index (χ3n) is 7.06. The summed E-state index contributed by atoms with van der Waals surface area (Å²) in [5.74, 6) is -2.00. The normalized spacial score (nSPS) is 24.8. The van der Waals surface area contributed by atoms with Gasteiger partial charge in [-0.1, -0.05) is 68.3 Å². The first-order valence-electron chi connectivity index (χ1n) is 11.0. The Labute approximate surface area is 213 Å². The van der Waals surface area contributed by atoms with Crippen molar-refractivity contribution in [2.75, 3.05) is 4.90 Å². The van der Waals surface area contributed by atoms with E-state index in [-0.39, 0.29) is 23.7 Å². The Balaban J connectivity index is 1.48. The molecule has 1 heterocycles. The van der Waals surface area contributed by atoms with Gasteiger partial charge in [0.1, 0.15) is 5.82 Å². The van der Waals surface area contributed by atoms with Gasteiger partial charge in [0.25, 0.3) is 0 Å². The fraction of sp³-hybridized carbons (Fsp3) is 0.143. The minimum absolute atomic E-state index is 0.154. The lowest BCUT2D eigenvalue weighted by molar-refractivity contribution is -0.122. The quantitative estimate of drug-likeness (QED) is 0.254. The Bertz CT molecular complexity index is 1300. The largest absolute Gasteiger partial charge is 0.274 e. The molecular weight excluding hydrogens is 561 g/mol. The van der Waals surface area contributed by atoms with Gasteiger partial charge < -0.3 is 0 Å². The lowest BCUT2D eigenvalue weighted by Gasteiger charge is -2.21. The van der Waals surface area contributed by atoms with Crippen LogP contribution in [0.1, 0.15) is 11.1 Å². The Morgan fingerprint density at radius 1 is 0.676 bits per heavy atom. The topological polar surface area (TPSA) is 37.4 Å². The summed E-state index contributed by atoms with van der Waals surface area (Å²) in [6, 6.07) is 21.8. The third kappa shape index (κ3) is 3.27. The number of carbonyl (C=O) groups is 2. The number of benzene rings is 3. The number of carbonyl (C=O) groups excluding carboxylic acids is 2. The average Bonchev–Trinajstić information content (AvgIpc) is 3.47. The summed E-state index contributed by atoms with van der Waals surface area (Å²) in [6.45, 7) is 0. The highest BCUT2D eigenvalue weighted by Gasteiger charge is 2.62. The van der Waals surface area contributed by atoms with Gasteiger partial charge >= 0.3 is 0 Å². The molecule has 0 unspecified atom stereocenters. The second-order valence-electron chi connectivity index (χ2n) is 8.82. The van der Waals surface area contributed by atoms with E-state index >= 15 is 0 Å². The summed E-state index contributed by atoms with van der Waals surface area (Å²) in [6.07, 6.45) is 4.16. The SMILES string of the molecule is O=C1[C@@H]2[C@H](C(=O)N1c1ccc(F)cc1)[C@H]1C=C[C@H]2C1=C(c1ccc(Br)cc1)c1ccc(Br)cc1. The molecule has 0 N–H and O–H groups in total. The van der Waals surface area contributed by atoms with Crippen LogP contribution in [0.25, 0.3) is 5.57 Å². The Morgan fingerprint density at radius 3 is 1.56 bits per heavy atom. The van der Waals surface area contributed by atoms with Crippen LogP contribution in [0.2, 0.25) is 0 Å². The van der Waals surface area contributed by atoms with Crippen molar-refractivity contribution in [3.8, 4) is 0 Å². The van der Waals surface area contributed by atoms with Crippen molar-refractivity contribution < 1.29 is 14.0 Å². The highest BCUT2D eigenvalue weighted by atomic mass is 79.9. The van der Waals surface area contributed by atoms with E-state index in [2.05, 4.69) is 68.3 Å². The number of anilines is 1. The molecule has 3 nitrogen and oxygen atoms in total. The van der Waals surface area contributed by atoms with Crippen molar-refractivity contribution in [3.05, 3.63) is 116 Å². The number of hydrogen-bond acceptors (Lipinski definition) is 2. The lowest BCUT2D eigenvalue weighted by atomic mass is 9.85. The van der Waals surface area contributed by atoms with Crippen LogP contribution >= 0.6 is 31.9 Å². The zero-order chi connectivity index (χ0) is 23.6. The first-order valence-corrected chi connectivity index (χ1v) is 12.6. The highest BCUT2D eigenvalue weighted by Crippen LogP contribution is 2.58. The number of hydrogen-bond donors (Lipinski definition) is 0. The predicted molar refractivity (Wildman–Crippen MR) is 136 cm³/mol. The molecule has 2 fully saturated rings. The molecule has 0 radical (unpaired) electrons. The van der Waals surface area contributed by atoms with E-state index in [0.717, 1.165) is 31.2 Å². The molecule has 3 aromatic carbocycles. The number of fused-ring (bicyclic) bond motifs is 5. The summed E-state index contributed by atoms with van der Waals surface area (Å²) in [4.78, 5) is 28.3. The molecule has 1 saturated carbocycles. The molecule has 6 rings (SSSR count). The number of allylic oxidation sites excluding steroid dienone is 3. The first kappa shape index (κ1) is 21.7. The van der Waals surface area contributed by atoms with Crippen molar-refractivity contribution in [3.63, 3.8) is 0 Å². The molecule has 6 heteroatoms. The van der Waals surface area contributed by atoms with Gasteiger partial charge in [0.2, 0.25) is 11.8 Å². The third-order valence-corrected chi connectivity index (χ3v) is 8.11. The molecule has 2 aliphatic carbocycles. The van der Waals surface area contributed by atoms with Crippen LogP contribution in [0, 0.1) is 29.5 Å². The van der Waals surface area contributed by atoms with E-state index in [1.807, 2.05) is 24.3 Å². The Hall–Kier alpha value is -2.83. The minimum atomic E-state index is -0.441. The lowest BCUT2D eigenvalue weighted by Crippen LogP contribution is -2.33. The van der Waals surface area contributed by atoms with E-state index in [4.69, 9.17) is 0 Å². The summed E-state index contributed by atoms with van der Waals surface area (Å²) >= 11 is 7.03. The molecule has 4 atom stereocenters. The summed E-state index contributed by atoms with van der Waals surface area (Å²) in [5, 5.41) is 0. The molecule has 34 heavy (non-hydrogen) atoms. The van der Waals surface area contributed by atoms with E-state index in [1.165, 1.54) is 29.2 Å². The summed E-state index contributed by atoms with van der Waals surface area (Å²) in [7, 11) is 0. The maximum absolute atomic E-state index is 13.5. The molecular formula is C28H18Br2FNO2. The smallest absolute Gasteiger partial charge is 0.238 e. The standard InChI is InChI=1S/C28H18Br2FNO2/c29-17-5-1-15(2-6-17)23(16-3-7-18(30)8-4-16)24-21-13-14-22(24)26-25(21)27(33)32(28(26)34)20-11-9-19(31)10-12-20/h1-14,21-22,25-26H/t21-,22-,25-,26+/m0/s1. The molecule has 3 aromatic rings. The van der Waals surface area contributed by atoms with Crippen molar-refractivity contribution in [2.45, 2.75) is 0 Å². The predicted octanol–water partition coefficient (Wildman–Crippen LogP) is 6.77. The molecule has 2 amide bonds. The van der Waals surface area contributed by atoms with E-state index in [0.29, 0.717) is 5.69 Å². The first-order chi connectivity index (χ1) is 16.4. The van der Waals surface area contributed by atoms with Gasteiger partial charge in [-0.25, -0.2) is 9.29 Å². The van der Waals surface area contributed by atoms with Crippen molar-refractivity contribution >= 4 is 54.9 Å².